The molecule has 3 rings (SSSR count). The molecule has 0 aliphatic carbocycles. The summed E-state index contributed by atoms with van der Waals surface area (Å²) < 4.78 is 7.99. The molecule has 1 unspecified atom stereocenters. The molecule has 1 N–H and O–H groups in total. The number of hydrogen-bond donors (Lipinski definition) is 1. The van der Waals surface area contributed by atoms with Crippen LogP contribution in [0.2, 0.25) is 10.0 Å². The summed E-state index contributed by atoms with van der Waals surface area (Å²) in [5, 5.41) is 18.8. The van der Waals surface area contributed by atoms with E-state index in [0.717, 1.165) is 10.2 Å². The van der Waals surface area contributed by atoms with Gasteiger partial charge in [0.05, 0.1) is 38.1 Å². The van der Waals surface area contributed by atoms with Gasteiger partial charge >= 0.3 is 0 Å². The van der Waals surface area contributed by atoms with Crippen LogP contribution in [0.3, 0.4) is 0 Å². The summed E-state index contributed by atoms with van der Waals surface area (Å²) >= 11 is 15.3. The minimum atomic E-state index is -0.648. The molecular formula is C19H15BrCl2N4O4. The van der Waals surface area contributed by atoms with Crippen LogP contribution in [-0.4, -0.2) is 20.6 Å². The summed E-state index contributed by atoms with van der Waals surface area (Å²) in [5.74, 6) is 0.00304. The molecule has 0 fully saturated rings. The van der Waals surface area contributed by atoms with Gasteiger partial charge in [-0.1, -0.05) is 23.2 Å². The van der Waals surface area contributed by atoms with E-state index in [1.54, 1.807) is 29.9 Å². The molecule has 11 heteroatoms. The number of benzene rings is 2. The van der Waals surface area contributed by atoms with Crippen molar-refractivity contribution in [2.75, 3.05) is 5.32 Å². The summed E-state index contributed by atoms with van der Waals surface area (Å²) in [6.07, 6.45) is 1.59. The number of anilines is 1. The van der Waals surface area contributed by atoms with Gasteiger partial charge in [-0.25, -0.2) is 0 Å². The average Bonchev–Trinajstić information content (AvgIpc) is 3.02. The van der Waals surface area contributed by atoms with Crippen LogP contribution in [-0.2, 0) is 4.79 Å². The molecule has 0 aliphatic rings. The van der Waals surface area contributed by atoms with Crippen molar-refractivity contribution in [3.63, 3.8) is 0 Å². The minimum Gasteiger partial charge on any atom is -0.455 e. The van der Waals surface area contributed by atoms with Crippen molar-refractivity contribution >= 4 is 56.4 Å². The van der Waals surface area contributed by atoms with Crippen molar-refractivity contribution in [1.82, 2.24) is 9.78 Å². The van der Waals surface area contributed by atoms with Crippen molar-refractivity contribution in [2.45, 2.75) is 19.9 Å². The molecule has 0 aliphatic heterocycles. The molecule has 30 heavy (non-hydrogen) atoms. The van der Waals surface area contributed by atoms with Crippen molar-refractivity contribution in [1.29, 1.82) is 0 Å². The normalized spacial score (nSPS) is 11.8. The first-order chi connectivity index (χ1) is 14.2. The number of ether oxygens (including phenoxy) is 1. The van der Waals surface area contributed by atoms with E-state index in [1.165, 1.54) is 24.3 Å². The Balaban J connectivity index is 1.87. The number of nitrogens with zero attached hydrogens (tertiary/aromatic N) is 3. The fourth-order valence-electron chi connectivity index (χ4n) is 2.66. The third-order valence-corrected chi connectivity index (χ3v) is 5.53. The Morgan fingerprint density at radius 1 is 1.30 bits per heavy atom. The van der Waals surface area contributed by atoms with E-state index in [-0.39, 0.29) is 27.9 Å². The molecule has 1 aromatic heterocycles. The first-order valence-corrected chi connectivity index (χ1v) is 10.1. The van der Waals surface area contributed by atoms with Gasteiger partial charge in [0.2, 0.25) is 5.91 Å². The minimum absolute atomic E-state index is 0.134. The molecule has 0 bridgehead atoms. The van der Waals surface area contributed by atoms with E-state index in [2.05, 4.69) is 26.3 Å². The molecule has 1 heterocycles. The number of carbonyl (C=O) groups excluding carboxylic acids is 1. The zero-order chi connectivity index (χ0) is 22.0. The van der Waals surface area contributed by atoms with Gasteiger partial charge in [0, 0.05) is 17.2 Å². The molecule has 1 atom stereocenters. The van der Waals surface area contributed by atoms with Gasteiger partial charge in [0.15, 0.2) is 0 Å². The van der Waals surface area contributed by atoms with Crippen LogP contribution >= 0.6 is 39.1 Å². The summed E-state index contributed by atoms with van der Waals surface area (Å²) in [6, 6.07) is 7.91. The van der Waals surface area contributed by atoms with Gasteiger partial charge < -0.3 is 10.1 Å². The van der Waals surface area contributed by atoms with Gasteiger partial charge in [-0.15, -0.1) is 0 Å². The molecular weight excluding hydrogens is 499 g/mol. The van der Waals surface area contributed by atoms with Gasteiger partial charge in [-0.05, 0) is 48.0 Å². The number of carbonyl (C=O) groups is 1. The molecule has 0 spiro atoms. The quantitative estimate of drug-likeness (QED) is 0.314. The van der Waals surface area contributed by atoms with Crippen LogP contribution < -0.4 is 10.1 Å². The van der Waals surface area contributed by atoms with Gasteiger partial charge in [-0.3, -0.25) is 19.6 Å². The highest BCUT2D eigenvalue weighted by Gasteiger charge is 2.20. The van der Waals surface area contributed by atoms with Crippen LogP contribution in [0.25, 0.3) is 0 Å². The molecule has 0 saturated carbocycles. The standard InChI is InChI=1S/C19H15BrCl2N4O4/c1-10-16(20)9-23-25(10)11(2)19(27)24-13-6-14(26(28)29)8-15(7-13)30-18-4-3-12(21)5-17(18)22/h3-9,11H,1-2H3,(H,24,27). The Labute approximate surface area is 190 Å². The van der Waals surface area contributed by atoms with Crippen LogP contribution in [0.15, 0.2) is 47.1 Å². The van der Waals surface area contributed by atoms with E-state index in [1.807, 2.05) is 6.92 Å². The lowest BCUT2D eigenvalue weighted by Crippen LogP contribution is -2.25. The number of amides is 1. The van der Waals surface area contributed by atoms with E-state index in [4.69, 9.17) is 27.9 Å². The van der Waals surface area contributed by atoms with Crippen LogP contribution in [0.4, 0.5) is 11.4 Å². The Morgan fingerprint density at radius 2 is 2.03 bits per heavy atom. The highest BCUT2D eigenvalue weighted by molar-refractivity contribution is 9.10. The van der Waals surface area contributed by atoms with Crippen LogP contribution in [0.1, 0.15) is 18.7 Å². The fourth-order valence-corrected chi connectivity index (χ4v) is 3.38. The summed E-state index contributed by atoms with van der Waals surface area (Å²) in [6.45, 7) is 3.49. The Morgan fingerprint density at radius 3 is 2.63 bits per heavy atom. The zero-order valence-electron chi connectivity index (χ0n) is 15.7. The first kappa shape index (κ1) is 22.1. The second-order valence-corrected chi connectivity index (χ2v) is 8.04. The number of hydrogen-bond acceptors (Lipinski definition) is 5. The maximum atomic E-state index is 12.7. The largest absolute Gasteiger partial charge is 0.455 e. The third kappa shape index (κ3) is 4.92. The number of non-ortho nitro benzene ring substituents is 1. The second kappa shape index (κ2) is 9.03. The molecule has 2 aromatic carbocycles. The topological polar surface area (TPSA) is 99.3 Å². The van der Waals surface area contributed by atoms with Crippen molar-refractivity contribution in [3.05, 3.63) is 72.9 Å². The first-order valence-electron chi connectivity index (χ1n) is 8.58. The maximum Gasteiger partial charge on any atom is 0.275 e. The average molecular weight is 514 g/mol. The predicted molar refractivity (Wildman–Crippen MR) is 118 cm³/mol. The van der Waals surface area contributed by atoms with Gasteiger partial charge in [0.1, 0.15) is 17.5 Å². The van der Waals surface area contributed by atoms with Crippen molar-refractivity contribution in [3.8, 4) is 11.5 Å². The number of nitro benzene ring substituents is 1. The summed E-state index contributed by atoms with van der Waals surface area (Å²) in [5.41, 5.74) is 0.724. The summed E-state index contributed by atoms with van der Waals surface area (Å²) in [7, 11) is 0. The number of nitro groups is 1. The second-order valence-electron chi connectivity index (χ2n) is 6.34. The van der Waals surface area contributed by atoms with E-state index < -0.39 is 16.9 Å². The highest BCUT2D eigenvalue weighted by atomic mass is 79.9. The number of aromatic nitrogens is 2. The smallest absolute Gasteiger partial charge is 0.275 e. The molecule has 0 saturated heterocycles. The zero-order valence-corrected chi connectivity index (χ0v) is 18.8. The number of rotatable bonds is 6. The SMILES string of the molecule is Cc1c(Br)cnn1C(C)C(=O)Nc1cc(Oc2ccc(Cl)cc2Cl)cc([N+](=O)[O-])c1. The third-order valence-electron chi connectivity index (χ3n) is 4.22. The van der Waals surface area contributed by atoms with Gasteiger partial charge in [-0.2, -0.15) is 5.10 Å². The lowest BCUT2D eigenvalue weighted by Gasteiger charge is -2.15. The maximum absolute atomic E-state index is 12.7. The molecule has 156 valence electrons. The highest BCUT2D eigenvalue weighted by Crippen LogP contribution is 2.34. The molecule has 8 nitrogen and oxygen atoms in total. The van der Waals surface area contributed by atoms with Crippen LogP contribution in [0, 0.1) is 17.0 Å². The Kier molecular flexibility index (Phi) is 6.64. The summed E-state index contributed by atoms with van der Waals surface area (Å²) in [4.78, 5) is 23.4. The van der Waals surface area contributed by atoms with Crippen LogP contribution in [0.5, 0.6) is 11.5 Å². The Hall–Kier alpha value is -2.62. The lowest BCUT2D eigenvalue weighted by molar-refractivity contribution is -0.384. The lowest BCUT2D eigenvalue weighted by atomic mass is 10.2. The number of nitrogens with one attached hydrogen (secondary N) is 1. The van der Waals surface area contributed by atoms with Gasteiger partial charge in [0.25, 0.3) is 5.69 Å². The molecule has 0 radical (unpaired) electrons. The molecule has 1 amide bonds. The monoisotopic (exact) mass is 512 g/mol. The van der Waals surface area contributed by atoms with Crippen molar-refractivity contribution < 1.29 is 14.5 Å². The number of halogens is 3. The van der Waals surface area contributed by atoms with Crippen molar-refractivity contribution in [2.24, 2.45) is 0 Å². The van der Waals surface area contributed by atoms with E-state index in [0.29, 0.717) is 5.02 Å². The Bertz CT molecular complexity index is 1140. The van der Waals surface area contributed by atoms with E-state index in [9.17, 15) is 14.9 Å². The molecule has 3 aromatic rings. The van der Waals surface area contributed by atoms with E-state index >= 15 is 0 Å². The fraction of sp³-hybridized carbons (Fsp3) is 0.158. The predicted octanol–water partition coefficient (Wildman–Crippen LogP) is 6.16.